The summed E-state index contributed by atoms with van der Waals surface area (Å²) in [5.41, 5.74) is 4.03. The minimum Gasteiger partial charge on any atom is -0.381 e. The zero-order valence-electron chi connectivity index (χ0n) is 11.6. The third-order valence-electron chi connectivity index (χ3n) is 4.38. The molecule has 3 rings (SSSR count). The number of hydrogen-bond donors (Lipinski definition) is 0. The third-order valence-corrected chi connectivity index (χ3v) is 4.62. The van der Waals surface area contributed by atoms with Crippen LogP contribution in [-0.2, 0) is 11.3 Å². The molecule has 0 spiro atoms. The fourth-order valence-corrected chi connectivity index (χ4v) is 3.22. The molecule has 1 fully saturated rings. The highest BCUT2D eigenvalue weighted by Crippen LogP contribution is 2.29. The van der Waals surface area contributed by atoms with Crippen molar-refractivity contribution >= 4 is 22.5 Å². The molecule has 0 unspecified atom stereocenters. The van der Waals surface area contributed by atoms with Crippen molar-refractivity contribution in [3.63, 3.8) is 0 Å². The second-order valence-electron chi connectivity index (χ2n) is 5.54. The normalized spacial score (nSPS) is 17.2. The van der Waals surface area contributed by atoms with E-state index in [1.54, 1.807) is 0 Å². The summed E-state index contributed by atoms with van der Waals surface area (Å²) in [6.45, 7) is 7.32. The van der Waals surface area contributed by atoms with Crippen LogP contribution in [0.15, 0.2) is 18.2 Å². The predicted octanol–water partition coefficient (Wildman–Crippen LogP) is 4.34. The van der Waals surface area contributed by atoms with Gasteiger partial charge in [0, 0.05) is 41.4 Å². The molecule has 0 atom stereocenters. The van der Waals surface area contributed by atoms with Crippen molar-refractivity contribution in [2.24, 2.45) is 5.92 Å². The van der Waals surface area contributed by atoms with Crippen molar-refractivity contribution in [3.8, 4) is 0 Å². The Labute approximate surface area is 119 Å². The standard InChI is InChI=1S/C16H20ClNO/c1-11-12(2)18(10-13-5-7-19-8-6-13)16-4-3-14(17)9-15(11)16/h3-4,9,13H,5-8,10H2,1-2H3. The van der Waals surface area contributed by atoms with Crippen molar-refractivity contribution in [3.05, 3.63) is 34.5 Å². The summed E-state index contributed by atoms with van der Waals surface area (Å²) in [6, 6.07) is 6.22. The summed E-state index contributed by atoms with van der Waals surface area (Å²) >= 11 is 6.12. The van der Waals surface area contributed by atoms with Gasteiger partial charge in [-0.05, 0) is 56.4 Å². The van der Waals surface area contributed by atoms with Gasteiger partial charge in [0.1, 0.15) is 0 Å². The number of hydrogen-bond acceptors (Lipinski definition) is 1. The minimum absolute atomic E-state index is 0.734. The lowest BCUT2D eigenvalue weighted by Gasteiger charge is -2.23. The van der Waals surface area contributed by atoms with Crippen molar-refractivity contribution in [2.45, 2.75) is 33.2 Å². The van der Waals surface area contributed by atoms with Gasteiger partial charge in [0.2, 0.25) is 0 Å². The van der Waals surface area contributed by atoms with E-state index in [1.165, 1.54) is 35.0 Å². The van der Waals surface area contributed by atoms with Crippen LogP contribution >= 0.6 is 11.6 Å². The van der Waals surface area contributed by atoms with Crippen LogP contribution in [0.1, 0.15) is 24.1 Å². The Hall–Kier alpha value is -0.990. The largest absolute Gasteiger partial charge is 0.381 e. The third kappa shape index (κ3) is 2.39. The van der Waals surface area contributed by atoms with Gasteiger partial charge in [0.15, 0.2) is 0 Å². The number of rotatable bonds is 2. The van der Waals surface area contributed by atoms with E-state index >= 15 is 0 Å². The average molecular weight is 278 g/mol. The van der Waals surface area contributed by atoms with E-state index in [4.69, 9.17) is 16.3 Å². The highest BCUT2D eigenvalue weighted by atomic mass is 35.5. The summed E-state index contributed by atoms with van der Waals surface area (Å²) in [5, 5.41) is 2.11. The molecule has 0 amide bonds. The van der Waals surface area contributed by atoms with Gasteiger partial charge in [0.05, 0.1) is 0 Å². The molecule has 2 nitrogen and oxygen atoms in total. The molecule has 1 aliphatic heterocycles. The van der Waals surface area contributed by atoms with Crippen LogP contribution in [-0.4, -0.2) is 17.8 Å². The van der Waals surface area contributed by atoms with Crippen molar-refractivity contribution in [1.29, 1.82) is 0 Å². The Bertz CT molecular complexity index is 596. The Morgan fingerprint density at radius 1 is 1.26 bits per heavy atom. The molecule has 2 heterocycles. The molecule has 102 valence electrons. The molecule has 19 heavy (non-hydrogen) atoms. The summed E-state index contributed by atoms with van der Waals surface area (Å²) in [4.78, 5) is 0. The van der Waals surface area contributed by atoms with E-state index in [0.717, 1.165) is 30.7 Å². The Balaban J connectivity index is 2.00. The van der Waals surface area contributed by atoms with E-state index in [9.17, 15) is 0 Å². The van der Waals surface area contributed by atoms with Gasteiger partial charge in [-0.2, -0.15) is 0 Å². The smallest absolute Gasteiger partial charge is 0.0486 e. The number of benzene rings is 1. The molecular weight excluding hydrogens is 258 g/mol. The molecule has 0 aliphatic carbocycles. The van der Waals surface area contributed by atoms with Crippen LogP contribution in [0.4, 0.5) is 0 Å². The monoisotopic (exact) mass is 277 g/mol. The minimum atomic E-state index is 0.734. The van der Waals surface area contributed by atoms with E-state index < -0.39 is 0 Å². The number of aromatic nitrogens is 1. The molecule has 1 aromatic heterocycles. The van der Waals surface area contributed by atoms with Gasteiger partial charge in [0.25, 0.3) is 0 Å². The maximum absolute atomic E-state index is 6.12. The van der Waals surface area contributed by atoms with Crippen molar-refractivity contribution in [1.82, 2.24) is 4.57 Å². The fraction of sp³-hybridized carbons (Fsp3) is 0.500. The van der Waals surface area contributed by atoms with Gasteiger partial charge in [-0.3, -0.25) is 0 Å². The first-order chi connectivity index (χ1) is 9.16. The quantitative estimate of drug-likeness (QED) is 0.796. The highest BCUT2D eigenvalue weighted by Gasteiger charge is 2.18. The summed E-state index contributed by atoms with van der Waals surface area (Å²) in [7, 11) is 0. The van der Waals surface area contributed by atoms with E-state index in [1.807, 2.05) is 6.07 Å². The Morgan fingerprint density at radius 2 is 2.00 bits per heavy atom. The maximum atomic E-state index is 6.12. The van der Waals surface area contributed by atoms with Crippen LogP contribution in [0.2, 0.25) is 5.02 Å². The van der Waals surface area contributed by atoms with Gasteiger partial charge in [-0.1, -0.05) is 11.6 Å². The summed E-state index contributed by atoms with van der Waals surface area (Å²) in [6.07, 6.45) is 2.34. The number of aryl methyl sites for hydroxylation is 1. The Morgan fingerprint density at radius 3 is 2.74 bits per heavy atom. The van der Waals surface area contributed by atoms with Crippen LogP contribution < -0.4 is 0 Å². The molecule has 0 bridgehead atoms. The SMILES string of the molecule is Cc1c(C)n(CC2CCOCC2)c2ccc(Cl)cc12. The van der Waals surface area contributed by atoms with Crippen molar-refractivity contribution in [2.75, 3.05) is 13.2 Å². The van der Waals surface area contributed by atoms with Crippen LogP contribution in [0.3, 0.4) is 0 Å². The van der Waals surface area contributed by atoms with E-state index in [0.29, 0.717) is 0 Å². The van der Waals surface area contributed by atoms with Crippen LogP contribution in [0, 0.1) is 19.8 Å². The van der Waals surface area contributed by atoms with Crippen LogP contribution in [0.5, 0.6) is 0 Å². The highest BCUT2D eigenvalue weighted by molar-refractivity contribution is 6.31. The second kappa shape index (κ2) is 5.18. The number of halogens is 1. The molecule has 1 aliphatic rings. The lowest BCUT2D eigenvalue weighted by molar-refractivity contribution is 0.0615. The topological polar surface area (TPSA) is 14.2 Å². The van der Waals surface area contributed by atoms with Gasteiger partial charge in [-0.25, -0.2) is 0 Å². The molecule has 0 N–H and O–H groups in total. The number of fused-ring (bicyclic) bond motifs is 1. The molecule has 1 saturated heterocycles. The van der Waals surface area contributed by atoms with Gasteiger partial charge >= 0.3 is 0 Å². The first-order valence-electron chi connectivity index (χ1n) is 6.99. The summed E-state index contributed by atoms with van der Waals surface area (Å²) < 4.78 is 7.90. The maximum Gasteiger partial charge on any atom is 0.0486 e. The predicted molar refractivity (Wildman–Crippen MR) is 80.0 cm³/mol. The average Bonchev–Trinajstić information content (AvgIpc) is 2.65. The lowest BCUT2D eigenvalue weighted by atomic mass is 10.0. The fourth-order valence-electron chi connectivity index (χ4n) is 3.04. The number of ether oxygens (including phenoxy) is 1. The first kappa shape index (κ1) is 13.0. The zero-order valence-corrected chi connectivity index (χ0v) is 12.3. The molecule has 1 aromatic carbocycles. The zero-order chi connectivity index (χ0) is 13.4. The summed E-state index contributed by atoms with van der Waals surface area (Å²) in [5.74, 6) is 0.734. The van der Waals surface area contributed by atoms with Gasteiger partial charge in [-0.15, -0.1) is 0 Å². The molecule has 0 saturated carbocycles. The molecular formula is C16H20ClNO. The van der Waals surface area contributed by atoms with E-state index in [2.05, 4.69) is 30.5 Å². The van der Waals surface area contributed by atoms with Crippen molar-refractivity contribution < 1.29 is 4.74 Å². The number of nitrogens with zero attached hydrogens (tertiary/aromatic N) is 1. The molecule has 0 radical (unpaired) electrons. The first-order valence-corrected chi connectivity index (χ1v) is 7.37. The van der Waals surface area contributed by atoms with E-state index in [-0.39, 0.29) is 0 Å². The molecule has 3 heteroatoms. The second-order valence-corrected chi connectivity index (χ2v) is 5.97. The molecule has 2 aromatic rings. The Kier molecular flexibility index (Phi) is 3.55. The lowest BCUT2D eigenvalue weighted by Crippen LogP contribution is -2.20. The van der Waals surface area contributed by atoms with Crippen LogP contribution in [0.25, 0.3) is 10.9 Å². The van der Waals surface area contributed by atoms with Gasteiger partial charge < -0.3 is 9.30 Å².